The van der Waals surface area contributed by atoms with Crippen LogP contribution < -0.4 is 5.73 Å². The smallest absolute Gasteiger partial charge is 0.197 e. The molecule has 0 spiro atoms. The van der Waals surface area contributed by atoms with Crippen molar-refractivity contribution in [1.82, 2.24) is 24.7 Å². The van der Waals surface area contributed by atoms with Crippen LogP contribution in [0.4, 0.5) is 5.82 Å². The van der Waals surface area contributed by atoms with Crippen LogP contribution in [-0.2, 0) is 7.05 Å². The van der Waals surface area contributed by atoms with Gasteiger partial charge in [0.1, 0.15) is 23.0 Å². The Morgan fingerprint density at radius 2 is 2.12 bits per heavy atom. The summed E-state index contributed by atoms with van der Waals surface area (Å²) in [6.45, 7) is 1.89. The molecule has 2 aromatic rings. The molecule has 0 aliphatic rings. The molecule has 0 atom stereocenters. The maximum absolute atomic E-state index is 5.66. The number of nitrogen functional groups attached to an aromatic ring is 1. The molecular formula is C8H9BrN6S. The van der Waals surface area contributed by atoms with E-state index in [0.717, 1.165) is 16.0 Å². The maximum atomic E-state index is 5.66. The Balaban J connectivity index is 2.34. The number of aromatic nitrogens is 5. The Labute approximate surface area is 105 Å². The van der Waals surface area contributed by atoms with Crippen molar-refractivity contribution in [3.8, 4) is 0 Å². The quantitative estimate of drug-likeness (QED) is 0.845. The zero-order valence-electron chi connectivity index (χ0n) is 8.68. The molecule has 16 heavy (non-hydrogen) atoms. The fourth-order valence-electron chi connectivity index (χ4n) is 1.00. The third-order valence-corrected chi connectivity index (χ3v) is 4.11. The van der Waals surface area contributed by atoms with E-state index in [9.17, 15) is 0 Å². The molecule has 0 radical (unpaired) electrons. The predicted octanol–water partition coefficient (Wildman–Crippen LogP) is 1.41. The van der Waals surface area contributed by atoms with Crippen molar-refractivity contribution in [1.29, 1.82) is 0 Å². The molecule has 2 N–H and O–H groups in total. The zero-order valence-corrected chi connectivity index (χ0v) is 11.1. The fraction of sp³-hybridized carbons (Fsp3) is 0.250. The van der Waals surface area contributed by atoms with E-state index in [1.807, 2.05) is 18.5 Å². The van der Waals surface area contributed by atoms with Gasteiger partial charge in [0, 0.05) is 7.05 Å². The number of anilines is 1. The van der Waals surface area contributed by atoms with Gasteiger partial charge in [-0.2, -0.15) is 0 Å². The minimum absolute atomic E-state index is 0.413. The van der Waals surface area contributed by atoms with E-state index in [-0.39, 0.29) is 0 Å². The lowest BCUT2D eigenvalue weighted by Gasteiger charge is -2.03. The van der Waals surface area contributed by atoms with E-state index in [1.165, 1.54) is 18.1 Å². The second-order valence-electron chi connectivity index (χ2n) is 3.07. The number of hydrogen-bond acceptors (Lipinski definition) is 6. The molecule has 2 aromatic heterocycles. The standard InChI is InChI=1S/C8H9BrN6S/c1-4-13-14-8(15(4)2)16-7-5(9)6(10)11-3-12-7/h3H,1-2H3,(H2,10,11,12). The second kappa shape index (κ2) is 4.38. The topological polar surface area (TPSA) is 82.5 Å². The highest BCUT2D eigenvalue weighted by Crippen LogP contribution is 2.32. The van der Waals surface area contributed by atoms with Crippen LogP contribution in [0.15, 0.2) is 21.0 Å². The summed E-state index contributed by atoms with van der Waals surface area (Å²) < 4.78 is 2.57. The monoisotopic (exact) mass is 300 g/mol. The number of halogens is 1. The minimum atomic E-state index is 0.413. The fourth-order valence-corrected chi connectivity index (χ4v) is 2.27. The lowest BCUT2D eigenvalue weighted by atomic mass is 10.6. The lowest BCUT2D eigenvalue weighted by molar-refractivity contribution is 0.764. The third-order valence-electron chi connectivity index (χ3n) is 2.03. The Bertz CT molecular complexity index is 525. The van der Waals surface area contributed by atoms with Gasteiger partial charge in [-0.25, -0.2) is 9.97 Å². The summed E-state index contributed by atoms with van der Waals surface area (Å²) in [5, 5.41) is 9.49. The Morgan fingerprint density at radius 1 is 1.38 bits per heavy atom. The number of hydrogen-bond donors (Lipinski definition) is 1. The first-order valence-electron chi connectivity index (χ1n) is 4.39. The zero-order chi connectivity index (χ0) is 11.7. The first kappa shape index (κ1) is 11.3. The van der Waals surface area contributed by atoms with E-state index < -0.39 is 0 Å². The van der Waals surface area contributed by atoms with E-state index in [1.54, 1.807) is 0 Å². The molecule has 0 saturated heterocycles. The number of nitrogens with zero attached hydrogens (tertiary/aromatic N) is 5. The molecule has 8 heteroatoms. The van der Waals surface area contributed by atoms with Gasteiger partial charge in [0.2, 0.25) is 0 Å². The highest BCUT2D eigenvalue weighted by Gasteiger charge is 2.12. The number of nitrogens with two attached hydrogens (primary N) is 1. The molecule has 0 aliphatic heterocycles. The minimum Gasteiger partial charge on any atom is -0.383 e. The highest BCUT2D eigenvalue weighted by atomic mass is 79.9. The summed E-state index contributed by atoms with van der Waals surface area (Å²) in [5.41, 5.74) is 5.66. The maximum Gasteiger partial charge on any atom is 0.197 e. The largest absolute Gasteiger partial charge is 0.383 e. The van der Waals surface area contributed by atoms with Gasteiger partial charge in [-0.1, -0.05) is 0 Å². The first-order valence-corrected chi connectivity index (χ1v) is 6.00. The van der Waals surface area contributed by atoms with Crippen LogP contribution in [0.3, 0.4) is 0 Å². The normalized spacial score (nSPS) is 10.7. The molecule has 2 rings (SSSR count). The third kappa shape index (κ3) is 2.03. The highest BCUT2D eigenvalue weighted by molar-refractivity contribution is 9.10. The van der Waals surface area contributed by atoms with Gasteiger partial charge in [0.25, 0.3) is 0 Å². The van der Waals surface area contributed by atoms with Gasteiger partial charge in [0.15, 0.2) is 5.16 Å². The van der Waals surface area contributed by atoms with Crippen LogP contribution in [0.25, 0.3) is 0 Å². The Morgan fingerprint density at radius 3 is 2.75 bits per heavy atom. The summed E-state index contributed by atoms with van der Waals surface area (Å²) in [5.74, 6) is 1.26. The van der Waals surface area contributed by atoms with E-state index in [2.05, 4.69) is 36.1 Å². The van der Waals surface area contributed by atoms with Crippen molar-refractivity contribution >= 4 is 33.5 Å². The van der Waals surface area contributed by atoms with Crippen LogP contribution in [0.1, 0.15) is 5.82 Å². The van der Waals surface area contributed by atoms with E-state index in [4.69, 9.17) is 5.73 Å². The SMILES string of the molecule is Cc1nnc(Sc2ncnc(N)c2Br)n1C. The van der Waals surface area contributed by atoms with Gasteiger partial charge in [-0.15, -0.1) is 10.2 Å². The van der Waals surface area contributed by atoms with Crippen molar-refractivity contribution in [3.05, 3.63) is 16.6 Å². The summed E-state index contributed by atoms with van der Waals surface area (Å²) in [4.78, 5) is 8.00. The Kier molecular flexibility index (Phi) is 3.10. The molecular weight excluding hydrogens is 292 g/mol. The molecule has 2 heterocycles. The molecule has 0 fully saturated rings. The van der Waals surface area contributed by atoms with Crippen molar-refractivity contribution < 1.29 is 0 Å². The molecule has 0 amide bonds. The van der Waals surface area contributed by atoms with E-state index in [0.29, 0.717) is 10.3 Å². The van der Waals surface area contributed by atoms with Crippen LogP contribution in [0.5, 0.6) is 0 Å². The van der Waals surface area contributed by atoms with Gasteiger partial charge in [0.05, 0.1) is 4.47 Å². The van der Waals surface area contributed by atoms with Crippen LogP contribution >= 0.6 is 27.7 Å². The lowest BCUT2D eigenvalue weighted by Crippen LogP contribution is -1.97. The molecule has 0 aromatic carbocycles. The van der Waals surface area contributed by atoms with Crippen molar-refractivity contribution in [2.75, 3.05) is 5.73 Å². The number of rotatable bonds is 2. The summed E-state index contributed by atoms with van der Waals surface area (Å²) in [6, 6.07) is 0. The summed E-state index contributed by atoms with van der Waals surface area (Å²) in [6.07, 6.45) is 1.42. The second-order valence-corrected chi connectivity index (χ2v) is 4.82. The Hall–Kier alpha value is -1.15. The predicted molar refractivity (Wildman–Crippen MR) is 64.0 cm³/mol. The molecule has 6 nitrogen and oxygen atoms in total. The van der Waals surface area contributed by atoms with Crippen LogP contribution in [-0.4, -0.2) is 24.7 Å². The number of aryl methyl sites for hydroxylation is 1. The summed E-state index contributed by atoms with van der Waals surface area (Å²) in [7, 11) is 1.90. The first-order chi connectivity index (χ1) is 7.59. The molecule has 84 valence electrons. The van der Waals surface area contributed by atoms with Crippen molar-refractivity contribution in [2.45, 2.75) is 17.1 Å². The average molecular weight is 301 g/mol. The van der Waals surface area contributed by atoms with Gasteiger partial charge >= 0.3 is 0 Å². The molecule has 0 bridgehead atoms. The average Bonchev–Trinajstić information content (AvgIpc) is 2.57. The van der Waals surface area contributed by atoms with Crippen LogP contribution in [0, 0.1) is 6.92 Å². The van der Waals surface area contributed by atoms with Gasteiger partial charge < -0.3 is 10.3 Å². The molecule has 0 saturated carbocycles. The summed E-state index contributed by atoms with van der Waals surface area (Å²) >= 11 is 4.73. The van der Waals surface area contributed by atoms with E-state index >= 15 is 0 Å². The molecule has 0 aliphatic carbocycles. The van der Waals surface area contributed by atoms with Crippen LogP contribution in [0.2, 0.25) is 0 Å². The molecule has 0 unspecified atom stereocenters. The van der Waals surface area contributed by atoms with Gasteiger partial charge in [-0.05, 0) is 34.6 Å². The van der Waals surface area contributed by atoms with Gasteiger partial charge in [-0.3, -0.25) is 0 Å². The van der Waals surface area contributed by atoms with Crippen molar-refractivity contribution in [3.63, 3.8) is 0 Å². The van der Waals surface area contributed by atoms with Crippen molar-refractivity contribution in [2.24, 2.45) is 7.05 Å².